The van der Waals surface area contributed by atoms with Gasteiger partial charge in [-0.1, -0.05) is 19.8 Å². The Bertz CT molecular complexity index is 426. The smallest absolute Gasteiger partial charge is 0.0521 e. The van der Waals surface area contributed by atoms with Crippen LogP contribution in [0.2, 0.25) is 0 Å². The van der Waals surface area contributed by atoms with Crippen LogP contribution in [-0.2, 0) is 13.5 Å². The van der Waals surface area contributed by atoms with E-state index < -0.39 is 0 Å². The Labute approximate surface area is 123 Å². The first kappa shape index (κ1) is 15.5. The highest BCUT2D eigenvalue weighted by Gasteiger charge is 2.41. The number of aryl methyl sites for hydroxylation is 2. The summed E-state index contributed by atoms with van der Waals surface area (Å²) in [5, 5.41) is 4.24. The van der Waals surface area contributed by atoms with Crippen LogP contribution in [0.4, 0.5) is 0 Å². The van der Waals surface area contributed by atoms with Gasteiger partial charge in [0.15, 0.2) is 0 Å². The van der Waals surface area contributed by atoms with Crippen molar-refractivity contribution in [3.05, 3.63) is 18.0 Å². The first-order valence-electron chi connectivity index (χ1n) is 7.84. The van der Waals surface area contributed by atoms with E-state index >= 15 is 0 Å². The number of hydrogen-bond donors (Lipinski definition) is 1. The predicted molar refractivity (Wildman–Crippen MR) is 83.6 cm³/mol. The third-order valence-corrected chi connectivity index (χ3v) is 5.09. The summed E-state index contributed by atoms with van der Waals surface area (Å²) in [5.41, 5.74) is 8.11. The van der Waals surface area contributed by atoms with Gasteiger partial charge in [0.2, 0.25) is 0 Å². The highest BCUT2D eigenvalue weighted by atomic mass is 15.2. The Balaban J connectivity index is 2.01. The molecule has 20 heavy (non-hydrogen) atoms. The Kier molecular flexibility index (Phi) is 4.86. The summed E-state index contributed by atoms with van der Waals surface area (Å²) in [5.74, 6) is 0.788. The van der Waals surface area contributed by atoms with Crippen LogP contribution in [0.15, 0.2) is 12.4 Å². The van der Waals surface area contributed by atoms with E-state index in [0.29, 0.717) is 0 Å². The maximum absolute atomic E-state index is 6.63. The van der Waals surface area contributed by atoms with Crippen LogP contribution < -0.4 is 5.73 Å². The van der Waals surface area contributed by atoms with Gasteiger partial charge >= 0.3 is 0 Å². The second-order valence-corrected chi connectivity index (χ2v) is 6.87. The standard InChI is InChI=1S/C16H30N4/c1-13-6-5-9-16(10-13,19(2)3)15(17)8-7-14-11-18-20(4)12-14/h11-13,15H,5-10,17H2,1-4H3. The average molecular weight is 278 g/mol. The van der Waals surface area contributed by atoms with Gasteiger partial charge in [-0.2, -0.15) is 5.10 Å². The van der Waals surface area contributed by atoms with Crippen LogP contribution >= 0.6 is 0 Å². The SMILES string of the molecule is CC1CCCC(C(N)CCc2cnn(C)c2)(N(C)C)C1. The molecule has 1 saturated carbocycles. The molecule has 1 aliphatic carbocycles. The van der Waals surface area contributed by atoms with Crippen molar-refractivity contribution < 1.29 is 0 Å². The normalized spacial score (nSPS) is 28.8. The molecule has 1 heterocycles. The molecule has 2 rings (SSSR count). The summed E-state index contributed by atoms with van der Waals surface area (Å²) in [6.45, 7) is 2.37. The number of hydrogen-bond acceptors (Lipinski definition) is 3. The molecule has 2 N–H and O–H groups in total. The zero-order valence-electron chi connectivity index (χ0n) is 13.5. The fourth-order valence-electron chi connectivity index (χ4n) is 3.83. The molecule has 1 aromatic heterocycles. The van der Waals surface area contributed by atoms with Crippen LogP contribution in [0.1, 0.15) is 44.6 Å². The van der Waals surface area contributed by atoms with Gasteiger partial charge in [0, 0.05) is 24.8 Å². The number of aromatic nitrogens is 2. The first-order chi connectivity index (χ1) is 9.44. The molecular formula is C16H30N4. The van der Waals surface area contributed by atoms with E-state index in [9.17, 15) is 0 Å². The van der Waals surface area contributed by atoms with Crippen molar-refractivity contribution in [2.75, 3.05) is 14.1 Å². The molecule has 4 nitrogen and oxygen atoms in total. The fraction of sp³-hybridized carbons (Fsp3) is 0.812. The Morgan fingerprint density at radius 1 is 1.55 bits per heavy atom. The highest BCUT2D eigenvalue weighted by molar-refractivity contribution is 5.07. The average Bonchev–Trinajstić information content (AvgIpc) is 2.81. The monoisotopic (exact) mass is 278 g/mol. The molecule has 4 heteroatoms. The van der Waals surface area contributed by atoms with Gasteiger partial charge in [-0.3, -0.25) is 4.68 Å². The third kappa shape index (κ3) is 3.23. The maximum Gasteiger partial charge on any atom is 0.0521 e. The molecule has 0 bridgehead atoms. The number of nitrogens with two attached hydrogens (primary N) is 1. The molecule has 0 saturated heterocycles. The summed E-state index contributed by atoms with van der Waals surface area (Å²) >= 11 is 0. The van der Waals surface area contributed by atoms with Crippen LogP contribution in [0.5, 0.6) is 0 Å². The van der Waals surface area contributed by atoms with Crippen LogP contribution in [0.3, 0.4) is 0 Å². The molecule has 0 aromatic carbocycles. The van der Waals surface area contributed by atoms with E-state index in [-0.39, 0.29) is 11.6 Å². The Hall–Kier alpha value is -0.870. The number of rotatable bonds is 5. The van der Waals surface area contributed by atoms with E-state index in [1.165, 1.54) is 31.2 Å². The minimum absolute atomic E-state index is 0.180. The summed E-state index contributed by atoms with van der Waals surface area (Å²) in [4.78, 5) is 2.39. The summed E-state index contributed by atoms with van der Waals surface area (Å²) in [6, 6.07) is 0.237. The number of likely N-dealkylation sites (N-methyl/N-ethyl adjacent to an activating group) is 1. The largest absolute Gasteiger partial charge is 0.326 e. The summed E-state index contributed by atoms with van der Waals surface area (Å²) < 4.78 is 1.87. The quantitative estimate of drug-likeness (QED) is 0.898. The van der Waals surface area contributed by atoms with Gasteiger partial charge in [-0.25, -0.2) is 0 Å². The van der Waals surface area contributed by atoms with Crippen molar-refractivity contribution in [1.82, 2.24) is 14.7 Å². The minimum Gasteiger partial charge on any atom is -0.326 e. The number of nitrogens with zero attached hydrogens (tertiary/aromatic N) is 3. The van der Waals surface area contributed by atoms with E-state index in [2.05, 4.69) is 37.2 Å². The van der Waals surface area contributed by atoms with Gasteiger partial charge in [0.25, 0.3) is 0 Å². The maximum atomic E-state index is 6.63. The van der Waals surface area contributed by atoms with E-state index in [4.69, 9.17) is 5.73 Å². The van der Waals surface area contributed by atoms with Crippen LogP contribution in [0, 0.1) is 5.92 Å². The molecule has 114 valence electrons. The highest BCUT2D eigenvalue weighted by Crippen LogP contribution is 2.38. The second kappa shape index (κ2) is 6.27. The van der Waals surface area contributed by atoms with Crippen molar-refractivity contribution in [3.63, 3.8) is 0 Å². The second-order valence-electron chi connectivity index (χ2n) is 6.87. The van der Waals surface area contributed by atoms with Crippen molar-refractivity contribution >= 4 is 0 Å². The third-order valence-electron chi connectivity index (χ3n) is 5.09. The van der Waals surface area contributed by atoms with E-state index in [1.807, 2.05) is 17.9 Å². The fourth-order valence-corrected chi connectivity index (χ4v) is 3.83. The van der Waals surface area contributed by atoms with Gasteiger partial charge in [-0.15, -0.1) is 0 Å². The molecule has 3 unspecified atom stereocenters. The Morgan fingerprint density at radius 3 is 2.85 bits per heavy atom. The van der Waals surface area contributed by atoms with Crippen LogP contribution in [0.25, 0.3) is 0 Å². The predicted octanol–water partition coefficient (Wildman–Crippen LogP) is 2.19. The van der Waals surface area contributed by atoms with Gasteiger partial charge < -0.3 is 10.6 Å². The molecule has 1 aliphatic rings. The lowest BCUT2D eigenvalue weighted by Crippen LogP contribution is -2.59. The lowest BCUT2D eigenvalue weighted by Gasteiger charge is -2.49. The van der Waals surface area contributed by atoms with E-state index in [1.54, 1.807) is 0 Å². The topological polar surface area (TPSA) is 47.1 Å². The van der Waals surface area contributed by atoms with Crippen molar-refractivity contribution in [2.45, 2.75) is 57.0 Å². The molecule has 1 fully saturated rings. The van der Waals surface area contributed by atoms with Crippen LogP contribution in [-0.4, -0.2) is 40.4 Å². The first-order valence-corrected chi connectivity index (χ1v) is 7.84. The van der Waals surface area contributed by atoms with Gasteiger partial charge in [0.1, 0.15) is 0 Å². The Morgan fingerprint density at radius 2 is 2.30 bits per heavy atom. The van der Waals surface area contributed by atoms with Crippen molar-refractivity contribution in [3.8, 4) is 0 Å². The lowest BCUT2D eigenvalue weighted by molar-refractivity contribution is 0.0477. The summed E-state index contributed by atoms with van der Waals surface area (Å²) in [6.07, 6.45) is 11.2. The zero-order chi connectivity index (χ0) is 14.8. The molecular weight excluding hydrogens is 248 g/mol. The molecule has 0 spiro atoms. The molecule has 0 radical (unpaired) electrons. The van der Waals surface area contributed by atoms with Crippen molar-refractivity contribution in [2.24, 2.45) is 18.7 Å². The molecule has 0 amide bonds. The minimum atomic E-state index is 0.180. The van der Waals surface area contributed by atoms with Gasteiger partial charge in [0.05, 0.1) is 6.20 Å². The zero-order valence-corrected chi connectivity index (χ0v) is 13.5. The molecule has 0 aliphatic heterocycles. The molecule has 1 aromatic rings. The lowest BCUT2D eigenvalue weighted by atomic mass is 9.70. The summed E-state index contributed by atoms with van der Waals surface area (Å²) in [7, 11) is 6.36. The van der Waals surface area contributed by atoms with Gasteiger partial charge in [-0.05, 0) is 51.3 Å². The van der Waals surface area contributed by atoms with E-state index in [0.717, 1.165) is 18.8 Å². The molecule has 3 atom stereocenters. The van der Waals surface area contributed by atoms with Crippen molar-refractivity contribution in [1.29, 1.82) is 0 Å².